The van der Waals surface area contributed by atoms with Crippen LogP contribution in [0.25, 0.3) is 11.2 Å². The van der Waals surface area contributed by atoms with Gasteiger partial charge in [-0.2, -0.15) is 9.97 Å². The van der Waals surface area contributed by atoms with Gasteiger partial charge in [0.1, 0.15) is 35.9 Å². The molecule has 3 rings (SSSR count). The van der Waals surface area contributed by atoms with E-state index in [-0.39, 0.29) is 40.7 Å². The molecule has 1 aliphatic heterocycles. The van der Waals surface area contributed by atoms with Gasteiger partial charge in [-0.25, -0.2) is 4.98 Å². The zero-order valence-corrected chi connectivity index (χ0v) is 21.0. The number of halogens is 1. The van der Waals surface area contributed by atoms with Crippen LogP contribution in [0, 0.1) is 11.8 Å². The predicted octanol–water partition coefficient (Wildman–Crippen LogP) is 0.132. The van der Waals surface area contributed by atoms with Crippen molar-refractivity contribution >= 4 is 40.7 Å². The number of ether oxygens (including phenoxy) is 3. The second-order valence-electron chi connectivity index (χ2n) is 9.48. The van der Waals surface area contributed by atoms with Gasteiger partial charge in [-0.1, -0.05) is 39.3 Å². The molecule has 6 atom stereocenters. The molecule has 0 saturated carbocycles. The first-order valence-corrected chi connectivity index (χ1v) is 11.5. The number of aliphatic hydroxyl groups is 1. The summed E-state index contributed by atoms with van der Waals surface area (Å²) >= 11 is 6.12. The molecule has 2 unspecified atom stereocenters. The van der Waals surface area contributed by atoms with Crippen LogP contribution in [0.2, 0.25) is 5.15 Å². The molecule has 1 saturated heterocycles. The van der Waals surface area contributed by atoms with Crippen LogP contribution in [0.1, 0.15) is 40.8 Å². The minimum absolute atomic E-state index is 0.0166. The highest BCUT2D eigenvalue weighted by Gasteiger charge is 2.57. The average molecular weight is 514 g/mol. The van der Waals surface area contributed by atoms with Crippen LogP contribution < -0.4 is 17.2 Å². The fourth-order valence-corrected chi connectivity index (χ4v) is 3.86. The number of esters is 2. The van der Waals surface area contributed by atoms with E-state index in [0.29, 0.717) is 0 Å². The summed E-state index contributed by atoms with van der Waals surface area (Å²) in [5.74, 6) is -1.88. The minimum atomic E-state index is -1.83. The Hall–Kier alpha value is -2.58. The van der Waals surface area contributed by atoms with Crippen LogP contribution in [0.4, 0.5) is 5.95 Å². The first-order chi connectivity index (χ1) is 16.2. The number of anilines is 1. The number of carbonyl (C=O) groups is 2. The van der Waals surface area contributed by atoms with Gasteiger partial charge in [-0.3, -0.25) is 14.2 Å². The van der Waals surface area contributed by atoms with Crippen molar-refractivity contribution < 1.29 is 28.9 Å². The monoisotopic (exact) mass is 513 g/mol. The first-order valence-electron chi connectivity index (χ1n) is 11.2. The van der Waals surface area contributed by atoms with E-state index >= 15 is 0 Å². The molecule has 0 radical (unpaired) electrons. The summed E-state index contributed by atoms with van der Waals surface area (Å²) in [7, 11) is 0. The standard InChI is InChI=1S/C21H32ClN7O6/c1-8(2)11(23)17(30)33-6-10-14(35-18(31)12(24)9(3)4)21(5,32)19(34-10)29-7-26-13-15(22)27-20(25)28-16(13)29/h7-12,14,19,32H,6,23-24H2,1-5H3,(H2,25,27,28)/t10-,11?,12?,14-,19-,21-/m1/s1. The predicted molar refractivity (Wildman–Crippen MR) is 126 cm³/mol. The Morgan fingerprint density at radius 2 is 1.80 bits per heavy atom. The number of aromatic nitrogens is 4. The van der Waals surface area contributed by atoms with E-state index in [4.69, 9.17) is 43.0 Å². The zero-order valence-electron chi connectivity index (χ0n) is 20.2. The molecule has 0 bridgehead atoms. The molecule has 194 valence electrons. The second-order valence-corrected chi connectivity index (χ2v) is 9.83. The van der Waals surface area contributed by atoms with Crippen LogP contribution in [0.3, 0.4) is 0 Å². The number of carbonyl (C=O) groups excluding carboxylic acids is 2. The molecule has 0 aromatic carbocycles. The van der Waals surface area contributed by atoms with E-state index < -0.39 is 48.1 Å². The SMILES string of the molecule is CC(C)C(N)C(=O)OC[C@H]1O[C@@H](n2cnc3c(Cl)nc(N)nc32)[C@](C)(O)[C@@H]1OC(=O)C(N)C(C)C. The first kappa shape index (κ1) is 27.0. The quantitative estimate of drug-likeness (QED) is 0.274. The van der Waals surface area contributed by atoms with Gasteiger partial charge in [0.05, 0.1) is 6.33 Å². The van der Waals surface area contributed by atoms with E-state index in [2.05, 4.69) is 15.0 Å². The van der Waals surface area contributed by atoms with Gasteiger partial charge in [0.15, 0.2) is 23.1 Å². The van der Waals surface area contributed by atoms with Crippen LogP contribution >= 0.6 is 11.6 Å². The van der Waals surface area contributed by atoms with Crippen molar-refractivity contribution in [2.24, 2.45) is 23.3 Å². The number of nitrogen functional groups attached to an aromatic ring is 1. The molecular weight excluding hydrogens is 482 g/mol. The third-order valence-electron chi connectivity index (χ3n) is 5.98. The Labute approximate surface area is 207 Å². The average Bonchev–Trinajstić information content (AvgIpc) is 3.29. The zero-order chi connectivity index (χ0) is 26.2. The molecule has 1 aliphatic rings. The Balaban J connectivity index is 1.95. The lowest BCUT2D eigenvalue weighted by atomic mass is 9.95. The summed E-state index contributed by atoms with van der Waals surface area (Å²) < 4.78 is 18.4. The summed E-state index contributed by atoms with van der Waals surface area (Å²) in [4.78, 5) is 37.2. The van der Waals surface area contributed by atoms with Gasteiger partial charge in [0, 0.05) is 0 Å². The highest BCUT2D eigenvalue weighted by molar-refractivity contribution is 6.33. The topological polar surface area (TPSA) is 204 Å². The highest BCUT2D eigenvalue weighted by atomic mass is 35.5. The van der Waals surface area contributed by atoms with Gasteiger partial charge in [0.2, 0.25) is 5.95 Å². The molecule has 0 amide bonds. The van der Waals surface area contributed by atoms with Crippen molar-refractivity contribution in [1.82, 2.24) is 19.5 Å². The fraction of sp³-hybridized carbons (Fsp3) is 0.667. The van der Waals surface area contributed by atoms with Crippen LogP contribution in [-0.2, 0) is 23.8 Å². The lowest BCUT2D eigenvalue weighted by Crippen LogP contribution is -2.50. The van der Waals surface area contributed by atoms with Crippen molar-refractivity contribution in [3.05, 3.63) is 11.5 Å². The summed E-state index contributed by atoms with van der Waals surface area (Å²) in [5.41, 5.74) is 16.1. The van der Waals surface area contributed by atoms with E-state index in [1.807, 2.05) is 0 Å². The minimum Gasteiger partial charge on any atom is -0.462 e. The molecule has 2 aromatic heterocycles. The third kappa shape index (κ3) is 5.33. The van der Waals surface area contributed by atoms with Crippen LogP contribution in [0.15, 0.2) is 6.33 Å². The normalized spacial score (nSPS) is 26.3. The molecule has 2 aromatic rings. The molecule has 3 heterocycles. The second kappa shape index (κ2) is 10.2. The Bertz CT molecular complexity index is 1090. The van der Waals surface area contributed by atoms with Gasteiger partial charge in [-0.15, -0.1) is 0 Å². The number of nitrogens with zero attached hydrogens (tertiary/aromatic N) is 4. The third-order valence-corrected chi connectivity index (χ3v) is 6.24. The van der Waals surface area contributed by atoms with Crippen molar-refractivity contribution in [2.75, 3.05) is 12.3 Å². The van der Waals surface area contributed by atoms with E-state index in [1.54, 1.807) is 27.7 Å². The molecule has 35 heavy (non-hydrogen) atoms. The lowest BCUT2D eigenvalue weighted by molar-refractivity contribution is -0.168. The van der Waals surface area contributed by atoms with Crippen molar-refractivity contribution in [2.45, 2.75) is 70.7 Å². The maximum absolute atomic E-state index is 12.7. The largest absolute Gasteiger partial charge is 0.462 e. The van der Waals surface area contributed by atoms with Crippen molar-refractivity contribution in [3.63, 3.8) is 0 Å². The number of imidazole rings is 1. The summed E-state index contributed by atoms with van der Waals surface area (Å²) in [5, 5.41) is 11.5. The molecule has 0 aliphatic carbocycles. The Kier molecular flexibility index (Phi) is 7.86. The van der Waals surface area contributed by atoms with Crippen LogP contribution in [0.5, 0.6) is 0 Å². The highest BCUT2D eigenvalue weighted by Crippen LogP contribution is 2.42. The number of rotatable bonds is 8. The lowest BCUT2D eigenvalue weighted by Gasteiger charge is -2.31. The number of hydrogen-bond donors (Lipinski definition) is 4. The van der Waals surface area contributed by atoms with Crippen molar-refractivity contribution in [1.29, 1.82) is 0 Å². The molecule has 13 nitrogen and oxygen atoms in total. The smallest absolute Gasteiger partial charge is 0.323 e. The van der Waals surface area contributed by atoms with Crippen LogP contribution in [-0.4, -0.2) is 73.1 Å². The number of hydrogen-bond acceptors (Lipinski definition) is 12. The molecular formula is C21H32ClN7O6. The number of nitrogens with two attached hydrogens (primary N) is 3. The summed E-state index contributed by atoms with van der Waals surface area (Å²) in [6, 6.07) is -1.80. The maximum Gasteiger partial charge on any atom is 0.323 e. The Morgan fingerprint density at radius 1 is 1.20 bits per heavy atom. The van der Waals surface area contributed by atoms with E-state index in [1.165, 1.54) is 17.8 Å². The van der Waals surface area contributed by atoms with Gasteiger partial charge >= 0.3 is 11.9 Å². The summed E-state index contributed by atoms with van der Waals surface area (Å²) in [6.07, 6.45) is -2.16. The fourth-order valence-electron chi connectivity index (χ4n) is 3.64. The molecule has 0 spiro atoms. The van der Waals surface area contributed by atoms with E-state index in [9.17, 15) is 14.7 Å². The van der Waals surface area contributed by atoms with Gasteiger partial charge < -0.3 is 36.5 Å². The summed E-state index contributed by atoms with van der Waals surface area (Å²) in [6.45, 7) is 8.15. The van der Waals surface area contributed by atoms with E-state index in [0.717, 1.165) is 0 Å². The molecule has 7 N–H and O–H groups in total. The number of fused-ring (bicyclic) bond motifs is 1. The maximum atomic E-state index is 12.7. The van der Waals surface area contributed by atoms with Gasteiger partial charge in [-0.05, 0) is 18.8 Å². The molecule has 14 heteroatoms. The Morgan fingerprint density at radius 3 is 2.40 bits per heavy atom. The van der Waals surface area contributed by atoms with Crippen molar-refractivity contribution in [3.8, 4) is 0 Å². The molecule has 1 fully saturated rings. The van der Waals surface area contributed by atoms with Gasteiger partial charge in [0.25, 0.3) is 0 Å².